The smallest absolute Gasteiger partial charge is 0.255 e. The van der Waals surface area contributed by atoms with Crippen molar-refractivity contribution in [1.29, 1.82) is 0 Å². The van der Waals surface area contributed by atoms with Crippen LogP contribution in [0.4, 0.5) is 0 Å². The average molecular weight is 334 g/mol. The van der Waals surface area contributed by atoms with Crippen molar-refractivity contribution in [1.82, 2.24) is 20.1 Å². The zero-order valence-electron chi connectivity index (χ0n) is 14.4. The highest BCUT2D eigenvalue weighted by Gasteiger charge is 2.16. The molecule has 0 unspecified atom stereocenters. The fraction of sp³-hybridized carbons (Fsp3) is 0.250. The van der Waals surface area contributed by atoms with E-state index < -0.39 is 0 Å². The van der Waals surface area contributed by atoms with E-state index in [4.69, 9.17) is 0 Å². The van der Waals surface area contributed by atoms with E-state index in [0.29, 0.717) is 18.7 Å². The molecule has 0 bridgehead atoms. The molecule has 1 amide bonds. The van der Waals surface area contributed by atoms with Crippen LogP contribution in [0.2, 0.25) is 0 Å². The van der Waals surface area contributed by atoms with Crippen LogP contribution in [0.3, 0.4) is 0 Å². The number of nitrogens with zero attached hydrogens (tertiary/aromatic N) is 3. The van der Waals surface area contributed by atoms with Crippen molar-refractivity contribution in [2.24, 2.45) is 0 Å². The minimum absolute atomic E-state index is 0.0837. The summed E-state index contributed by atoms with van der Waals surface area (Å²) in [5.74, 6) is -0.0837. The van der Waals surface area contributed by atoms with Gasteiger partial charge in [-0.1, -0.05) is 43.7 Å². The molecule has 1 aromatic carbocycles. The van der Waals surface area contributed by atoms with Crippen LogP contribution in [0.1, 0.15) is 40.5 Å². The van der Waals surface area contributed by atoms with E-state index in [1.54, 1.807) is 18.6 Å². The summed E-state index contributed by atoms with van der Waals surface area (Å²) >= 11 is 0. The van der Waals surface area contributed by atoms with Crippen LogP contribution in [0.25, 0.3) is 0 Å². The number of rotatable bonds is 7. The number of carbonyl (C=O) groups is 1. The van der Waals surface area contributed by atoms with Gasteiger partial charge in [-0.05, 0) is 29.7 Å². The number of aromatic nitrogens is 3. The van der Waals surface area contributed by atoms with E-state index in [1.807, 2.05) is 35.0 Å². The predicted octanol–water partition coefficient (Wildman–Crippen LogP) is 3.21. The summed E-state index contributed by atoms with van der Waals surface area (Å²) in [6.45, 7) is 3.27. The number of carbonyl (C=O) groups excluding carboxylic acids is 1. The summed E-state index contributed by atoms with van der Waals surface area (Å²) in [5.41, 5.74) is 3.84. The fourth-order valence-electron chi connectivity index (χ4n) is 2.77. The molecule has 0 aliphatic carbocycles. The second-order valence-corrected chi connectivity index (χ2v) is 5.94. The number of amides is 1. The zero-order valence-corrected chi connectivity index (χ0v) is 14.4. The molecule has 5 heteroatoms. The van der Waals surface area contributed by atoms with E-state index in [9.17, 15) is 4.79 Å². The molecule has 0 aliphatic rings. The van der Waals surface area contributed by atoms with Gasteiger partial charge in [0, 0.05) is 18.9 Å². The van der Waals surface area contributed by atoms with Gasteiger partial charge in [-0.3, -0.25) is 14.5 Å². The van der Waals surface area contributed by atoms with Crippen LogP contribution in [-0.2, 0) is 19.5 Å². The van der Waals surface area contributed by atoms with Crippen molar-refractivity contribution in [2.45, 2.75) is 32.9 Å². The van der Waals surface area contributed by atoms with Gasteiger partial charge in [-0.2, -0.15) is 5.10 Å². The molecule has 2 heterocycles. The molecule has 3 aromatic rings. The first kappa shape index (κ1) is 16.9. The fourth-order valence-corrected chi connectivity index (χ4v) is 2.77. The van der Waals surface area contributed by atoms with Gasteiger partial charge in [0.05, 0.1) is 24.0 Å². The van der Waals surface area contributed by atoms with E-state index in [0.717, 1.165) is 24.1 Å². The Bertz CT molecular complexity index is 812. The molecule has 0 saturated heterocycles. The first-order valence-electron chi connectivity index (χ1n) is 8.53. The SMILES string of the molecule is CCCc1c(C(=O)NCc2ccncc2)cnn1Cc1ccccc1. The minimum atomic E-state index is -0.0837. The maximum absolute atomic E-state index is 12.6. The average Bonchev–Trinajstić information content (AvgIpc) is 3.04. The lowest BCUT2D eigenvalue weighted by atomic mass is 10.1. The molecular formula is C20H22N4O. The van der Waals surface area contributed by atoms with E-state index in [-0.39, 0.29) is 5.91 Å². The Hall–Kier alpha value is -2.95. The topological polar surface area (TPSA) is 59.8 Å². The van der Waals surface area contributed by atoms with Gasteiger partial charge in [0.15, 0.2) is 0 Å². The maximum atomic E-state index is 12.6. The molecule has 0 radical (unpaired) electrons. The Kier molecular flexibility index (Phi) is 5.57. The minimum Gasteiger partial charge on any atom is -0.348 e. The van der Waals surface area contributed by atoms with Gasteiger partial charge in [0.25, 0.3) is 5.91 Å². The van der Waals surface area contributed by atoms with Crippen molar-refractivity contribution < 1.29 is 4.79 Å². The van der Waals surface area contributed by atoms with Crippen molar-refractivity contribution >= 4 is 5.91 Å². The number of pyridine rings is 1. The zero-order chi connectivity index (χ0) is 17.5. The maximum Gasteiger partial charge on any atom is 0.255 e. The Balaban J connectivity index is 1.75. The normalized spacial score (nSPS) is 10.6. The third kappa shape index (κ3) is 4.32. The largest absolute Gasteiger partial charge is 0.348 e. The van der Waals surface area contributed by atoms with Crippen molar-refractivity contribution in [3.63, 3.8) is 0 Å². The van der Waals surface area contributed by atoms with Crippen LogP contribution in [-0.4, -0.2) is 20.7 Å². The van der Waals surface area contributed by atoms with Crippen molar-refractivity contribution in [3.8, 4) is 0 Å². The van der Waals surface area contributed by atoms with Gasteiger partial charge < -0.3 is 5.32 Å². The lowest BCUT2D eigenvalue weighted by molar-refractivity contribution is 0.0949. The molecule has 0 fully saturated rings. The Morgan fingerprint density at radius 3 is 2.56 bits per heavy atom. The molecule has 128 valence electrons. The molecule has 0 atom stereocenters. The molecule has 0 spiro atoms. The van der Waals surface area contributed by atoms with Gasteiger partial charge in [0.2, 0.25) is 0 Å². The van der Waals surface area contributed by atoms with Gasteiger partial charge in [-0.25, -0.2) is 0 Å². The van der Waals surface area contributed by atoms with Crippen molar-refractivity contribution in [3.05, 3.63) is 83.4 Å². The second-order valence-electron chi connectivity index (χ2n) is 5.94. The number of hydrogen-bond donors (Lipinski definition) is 1. The Morgan fingerprint density at radius 1 is 1.08 bits per heavy atom. The molecule has 3 rings (SSSR count). The van der Waals surface area contributed by atoms with E-state index in [1.165, 1.54) is 5.56 Å². The van der Waals surface area contributed by atoms with Crippen LogP contribution >= 0.6 is 0 Å². The summed E-state index contributed by atoms with van der Waals surface area (Å²) in [6.07, 6.45) is 6.91. The Labute approximate surface area is 147 Å². The summed E-state index contributed by atoms with van der Waals surface area (Å²) < 4.78 is 1.93. The van der Waals surface area contributed by atoms with Crippen LogP contribution in [0.15, 0.2) is 61.1 Å². The summed E-state index contributed by atoms with van der Waals surface area (Å²) in [4.78, 5) is 16.6. The monoisotopic (exact) mass is 334 g/mol. The predicted molar refractivity (Wildman–Crippen MR) is 97.2 cm³/mol. The molecule has 0 saturated carbocycles. The van der Waals surface area contributed by atoms with Gasteiger partial charge in [0.1, 0.15) is 0 Å². The lowest BCUT2D eigenvalue weighted by Gasteiger charge is -2.10. The van der Waals surface area contributed by atoms with Gasteiger partial charge >= 0.3 is 0 Å². The summed E-state index contributed by atoms with van der Waals surface area (Å²) in [7, 11) is 0. The molecule has 0 aliphatic heterocycles. The van der Waals surface area contributed by atoms with Crippen LogP contribution < -0.4 is 5.32 Å². The first-order chi connectivity index (χ1) is 12.3. The second kappa shape index (κ2) is 8.24. The summed E-state index contributed by atoms with van der Waals surface area (Å²) in [5, 5.41) is 7.42. The molecule has 25 heavy (non-hydrogen) atoms. The lowest BCUT2D eigenvalue weighted by Crippen LogP contribution is -2.24. The van der Waals surface area contributed by atoms with E-state index >= 15 is 0 Å². The number of nitrogens with one attached hydrogen (secondary N) is 1. The van der Waals surface area contributed by atoms with Gasteiger partial charge in [-0.15, -0.1) is 0 Å². The van der Waals surface area contributed by atoms with Crippen LogP contribution in [0.5, 0.6) is 0 Å². The standard InChI is InChI=1S/C20H22N4O/c1-2-6-19-18(20(25)22-13-16-9-11-21-12-10-16)14-23-24(19)15-17-7-4-3-5-8-17/h3-5,7-12,14H,2,6,13,15H2,1H3,(H,22,25). The molecule has 2 aromatic heterocycles. The third-order valence-corrected chi connectivity index (χ3v) is 4.06. The highest BCUT2D eigenvalue weighted by molar-refractivity contribution is 5.95. The quantitative estimate of drug-likeness (QED) is 0.722. The third-order valence-electron chi connectivity index (χ3n) is 4.06. The highest BCUT2D eigenvalue weighted by Crippen LogP contribution is 2.14. The number of benzene rings is 1. The summed E-state index contributed by atoms with van der Waals surface area (Å²) in [6, 6.07) is 14.0. The van der Waals surface area contributed by atoms with Crippen LogP contribution in [0, 0.1) is 0 Å². The van der Waals surface area contributed by atoms with E-state index in [2.05, 4.69) is 34.5 Å². The molecule has 1 N–H and O–H groups in total. The Morgan fingerprint density at radius 2 is 1.84 bits per heavy atom. The first-order valence-corrected chi connectivity index (χ1v) is 8.53. The molecular weight excluding hydrogens is 312 g/mol. The van der Waals surface area contributed by atoms with Crippen molar-refractivity contribution in [2.75, 3.05) is 0 Å². The molecule has 5 nitrogen and oxygen atoms in total. The number of hydrogen-bond acceptors (Lipinski definition) is 3. The highest BCUT2D eigenvalue weighted by atomic mass is 16.1.